The van der Waals surface area contributed by atoms with Gasteiger partial charge in [0, 0.05) is 26.2 Å². The van der Waals surface area contributed by atoms with Gasteiger partial charge in [0.05, 0.1) is 11.7 Å². The van der Waals surface area contributed by atoms with Crippen LogP contribution in [0.4, 0.5) is 0 Å². The Morgan fingerprint density at radius 2 is 2.05 bits per heavy atom. The summed E-state index contributed by atoms with van der Waals surface area (Å²) in [6.07, 6.45) is 1.42. The van der Waals surface area contributed by atoms with Crippen LogP contribution in [0.3, 0.4) is 0 Å². The predicted molar refractivity (Wildman–Crippen MR) is 85.4 cm³/mol. The minimum Gasteiger partial charge on any atom is -0.355 e. The molecular weight excluding hydrogens is 302 g/mol. The number of amides is 1. The quantitative estimate of drug-likeness (QED) is 0.787. The summed E-state index contributed by atoms with van der Waals surface area (Å²) in [5.74, 6) is -0.416. The van der Waals surface area contributed by atoms with E-state index in [9.17, 15) is 13.2 Å². The van der Waals surface area contributed by atoms with Gasteiger partial charge in [-0.05, 0) is 18.4 Å². The molecule has 0 aliphatic carbocycles. The molecule has 6 nitrogen and oxygen atoms in total. The van der Waals surface area contributed by atoms with Crippen molar-refractivity contribution in [3.63, 3.8) is 0 Å². The second-order valence-electron chi connectivity index (χ2n) is 5.52. The molecule has 0 radical (unpaired) electrons. The molecule has 3 N–H and O–H groups in total. The normalized spacial score (nSPS) is 19.8. The molecule has 1 aliphatic rings. The van der Waals surface area contributed by atoms with Crippen LogP contribution in [0.5, 0.6) is 0 Å². The van der Waals surface area contributed by atoms with E-state index in [0.29, 0.717) is 32.5 Å². The third kappa shape index (κ3) is 4.53. The van der Waals surface area contributed by atoms with Crippen molar-refractivity contribution in [2.75, 3.05) is 26.2 Å². The Morgan fingerprint density at radius 3 is 2.73 bits per heavy atom. The van der Waals surface area contributed by atoms with Crippen LogP contribution in [0.2, 0.25) is 0 Å². The van der Waals surface area contributed by atoms with Crippen LogP contribution in [-0.2, 0) is 20.6 Å². The van der Waals surface area contributed by atoms with Gasteiger partial charge >= 0.3 is 0 Å². The van der Waals surface area contributed by atoms with Crippen molar-refractivity contribution in [3.05, 3.63) is 35.9 Å². The van der Waals surface area contributed by atoms with Crippen LogP contribution in [0.15, 0.2) is 30.3 Å². The maximum atomic E-state index is 12.5. The average molecular weight is 325 g/mol. The molecule has 1 aromatic carbocycles. The fourth-order valence-electron chi connectivity index (χ4n) is 2.62. The smallest absolute Gasteiger partial charge is 0.224 e. The number of hydrogen-bond acceptors (Lipinski definition) is 4. The predicted octanol–water partition coefficient (Wildman–Crippen LogP) is 0.303. The zero-order valence-electron chi connectivity index (χ0n) is 12.6. The Morgan fingerprint density at radius 1 is 1.32 bits per heavy atom. The molecule has 0 bridgehead atoms. The van der Waals surface area contributed by atoms with Gasteiger partial charge in [-0.1, -0.05) is 30.3 Å². The lowest BCUT2D eigenvalue weighted by Gasteiger charge is -2.31. The number of nitrogens with zero attached hydrogens (tertiary/aromatic N) is 1. The monoisotopic (exact) mass is 325 g/mol. The first kappa shape index (κ1) is 16.9. The Kier molecular flexibility index (Phi) is 5.93. The molecule has 1 unspecified atom stereocenters. The van der Waals surface area contributed by atoms with Gasteiger partial charge in [-0.2, -0.15) is 0 Å². The second-order valence-corrected chi connectivity index (χ2v) is 7.49. The summed E-state index contributed by atoms with van der Waals surface area (Å²) in [4.78, 5) is 12.0. The fraction of sp³-hybridized carbons (Fsp3) is 0.533. The zero-order valence-corrected chi connectivity index (χ0v) is 13.4. The molecule has 0 aromatic heterocycles. The van der Waals surface area contributed by atoms with E-state index in [1.54, 1.807) is 12.1 Å². The van der Waals surface area contributed by atoms with Crippen LogP contribution >= 0.6 is 0 Å². The van der Waals surface area contributed by atoms with Crippen LogP contribution in [0, 0.1) is 5.92 Å². The number of nitrogens with one attached hydrogen (secondary N) is 1. The van der Waals surface area contributed by atoms with Gasteiger partial charge in [-0.15, -0.1) is 0 Å². The van der Waals surface area contributed by atoms with Gasteiger partial charge in [0.25, 0.3) is 0 Å². The first-order valence-electron chi connectivity index (χ1n) is 7.52. The Balaban J connectivity index is 2.00. The lowest BCUT2D eigenvalue weighted by molar-refractivity contribution is -0.126. The second kappa shape index (κ2) is 7.71. The number of carbonyl (C=O) groups excluding carboxylic acids is 1. The summed E-state index contributed by atoms with van der Waals surface area (Å²) in [6.45, 7) is 1.54. The van der Waals surface area contributed by atoms with Gasteiger partial charge in [0.2, 0.25) is 15.9 Å². The first-order chi connectivity index (χ1) is 10.5. The molecule has 122 valence electrons. The molecule has 0 spiro atoms. The minimum atomic E-state index is -3.39. The Hall–Kier alpha value is -1.44. The van der Waals surface area contributed by atoms with Crippen LogP contribution < -0.4 is 11.1 Å². The molecule has 1 fully saturated rings. The van der Waals surface area contributed by atoms with E-state index in [4.69, 9.17) is 5.73 Å². The standard InChI is InChI=1S/C15H23N3O3S/c16-8-9-17-15(19)14-7-4-10-18(11-14)22(20,21)12-13-5-2-1-3-6-13/h1-3,5-6,14H,4,7-12,16H2,(H,17,19). The van der Waals surface area contributed by atoms with Gasteiger partial charge in [0.15, 0.2) is 0 Å². The fourth-order valence-corrected chi connectivity index (χ4v) is 4.24. The van der Waals surface area contributed by atoms with E-state index in [-0.39, 0.29) is 24.1 Å². The van der Waals surface area contributed by atoms with E-state index in [0.717, 1.165) is 5.56 Å². The Bertz CT molecular complexity index is 589. The van der Waals surface area contributed by atoms with Crippen LogP contribution in [0.25, 0.3) is 0 Å². The van der Waals surface area contributed by atoms with Crippen molar-refractivity contribution in [2.24, 2.45) is 11.7 Å². The number of nitrogens with two attached hydrogens (primary N) is 1. The van der Waals surface area contributed by atoms with Crippen LogP contribution in [-0.4, -0.2) is 44.8 Å². The first-order valence-corrected chi connectivity index (χ1v) is 9.13. The number of rotatable bonds is 6. The van der Waals surface area contributed by atoms with E-state index in [2.05, 4.69) is 5.32 Å². The van der Waals surface area contributed by atoms with Crippen molar-refractivity contribution in [2.45, 2.75) is 18.6 Å². The molecule has 22 heavy (non-hydrogen) atoms. The number of benzene rings is 1. The summed E-state index contributed by atoms with van der Waals surface area (Å²) < 4.78 is 26.5. The van der Waals surface area contributed by atoms with Gasteiger partial charge < -0.3 is 11.1 Å². The molecule has 2 rings (SSSR count). The summed E-state index contributed by atoms with van der Waals surface area (Å²) >= 11 is 0. The minimum absolute atomic E-state index is 0.0228. The third-order valence-electron chi connectivity index (χ3n) is 3.78. The van der Waals surface area contributed by atoms with E-state index in [1.807, 2.05) is 18.2 Å². The number of sulfonamides is 1. The maximum Gasteiger partial charge on any atom is 0.224 e. The van der Waals surface area contributed by atoms with Crippen LogP contribution in [0.1, 0.15) is 18.4 Å². The number of piperidine rings is 1. The highest BCUT2D eigenvalue weighted by Gasteiger charge is 2.32. The highest BCUT2D eigenvalue weighted by Crippen LogP contribution is 2.21. The number of hydrogen-bond donors (Lipinski definition) is 2. The summed E-state index contributed by atoms with van der Waals surface area (Å²) in [6, 6.07) is 9.10. The van der Waals surface area contributed by atoms with E-state index in [1.165, 1.54) is 4.31 Å². The molecule has 1 aliphatic heterocycles. The van der Waals surface area contributed by atoms with Crippen molar-refractivity contribution in [3.8, 4) is 0 Å². The topological polar surface area (TPSA) is 92.5 Å². The Labute approximate surface area is 131 Å². The molecular formula is C15H23N3O3S. The highest BCUT2D eigenvalue weighted by molar-refractivity contribution is 7.88. The average Bonchev–Trinajstić information content (AvgIpc) is 2.53. The molecule has 0 saturated carbocycles. The summed E-state index contributed by atoms with van der Waals surface area (Å²) in [5, 5.41) is 2.74. The molecule has 1 aromatic rings. The lowest BCUT2D eigenvalue weighted by Crippen LogP contribution is -2.46. The van der Waals surface area contributed by atoms with Gasteiger partial charge in [0.1, 0.15) is 0 Å². The van der Waals surface area contributed by atoms with Crippen molar-refractivity contribution < 1.29 is 13.2 Å². The maximum absolute atomic E-state index is 12.5. The lowest BCUT2D eigenvalue weighted by atomic mass is 9.99. The molecule has 7 heteroatoms. The van der Waals surface area contributed by atoms with E-state index >= 15 is 0 Å². The number of carbonyl (C=O) groups is 1. The zero-order chi connectivity index (χ0) is 16.0. The molecule has 1 atom stereocenters. The molecule has 1 heterocycles. The molecule has 1 amide bonds. The SMILES string of the molecule is NCCNC(=O)C1CCCN(S(=O)(=O)Cc2ccccc2)C1. The summed E-state index contributed by atoms with van der Waals surface area (Å²) in [7, 11) is -3.39. The van der Waals surface area contributed by atoms with Crippen molar-refractivity contribution in [1.29, 1.82) is 0 Å². The summed E-state index contributed by atoms with van der Waals surface area (Å²) in [5.41, 5.74) is 6.13. The van der Waals surface area contributed by atoms with Crippen molar-refractivity contribution in [1.82, 2.24) is 9.62 Å². The van der Waals surface area contributed by atoms with E-state index < -0.39 is 10.0 Å². The van der Waals surface area contributed by atoms with Gasteiger partial charge in [-0.3, -0.25) is 4.79 Å². The van der Waals surface area contributed by atoms with Crippen molar-refractivity contribution >= 4 is 15.9 Å². The van der Waals surface area contributed by atoms with Gasteiger partial charge in [-0.25, -0.2) is 12.7 Å². The molecule has 1 saturated heterocycles. The highest BCUT2D eigenvalue weighted by atomic mass is 32.2. The third-order valence-corrected chi connectivity index (χ3v) is 5.60. The largest absolute Gasteiger partial charge is 0.355 e.